The van der Waals surface area contributed by atoms with Crippen LogP contribution in [0, 0.1) is 12.8 Å². The van der Waals surface area contributed by atoms with Crippen LogP contribution < -0.4 is 19.5 Å². The summed E-state index contributed by atoms with van der Waals surface area (Å²) in [6.45, 7) is 1.39. The normalized spacial score (nSPS) is 13.7. The van der Waals surface area contributed by atoms with Crippen molar-refractivity contribution in [2.75, 3.05) is 12.4 Å². The monoisotopic (exact) mass is 594 g/mol. The smallest absolute Gasteiger partial charge is 0.356 e. The number of carboxylic acids is 1. The van der Waals surface area contributed by atoms with E-state index in [0.29, 0.717) is 17.2 Å². The van der Waals surface area contributed by atoms with Crippen LogP contribution in [0.1, 0.15) is 47.5 Å². The Labute approximate surface area is 242 Å². The van der Waals surface area contributed by atoms with Crippen LogP contribution in [-0.4, -0.2) is 42.3 Å². The van der Waals surface area contributed by atoms with Crippen molar-refractivity contribution in [2.45, 2.75) is 44.0 Å². The van der Waals surface area contributed by atoms with Gasteiger partial charge in [0.2, 0.25) is 21.8 Å². The van der Waals surface area contributed by atoms with E-state index in [0.717, 1.165) is 25.7 Å². The third kappa shape index (κ3) is 6.16. The Kier molecular flexibility index (Phi) is 8.31. The summed E-state index contributed by atoms with van der Waals surface area (Å²) in [7, 11) is -2.70. The van der Waals surface area contributed by atoms with E-state index in [-0.39, 0.29) is 51.8 Å². The third-order valence-corrected chi connectivity index (χ3v) is 8.46. The number of nitrogens with zero attached hydrogens (tertiary/aromatic N) is 2. The van der Waals surface area contributed by atoms with E-state index < -0.39 is 16.0 Å². The molecule has 0 bridgehead atoms. The second kappa shape index (κ2) is 12.1. The fourth-order valence-electron chi connectivity index (χ4n) is 4.78. The highest BCUT2D eigenvalue weighted by atomic mass is 32.2. The number of aromatic nitrogens is 2. The molecule has 1 aliphatic carbocycles. The van der Waals surface area contributed by atoms with Crippen molar-refractivity contribution in [2.24, 2.45) is 5.92 Å². The molecular formula is C29H30N4O8S. The number of rotatable bonds is 11. The Morgan fingerprint density at radius 1 is 1.12 bits per heavy atom. The topological polar surface area (TPSA) is 162 Å². The number of carbonyl (C=O) groups excluding carboxylic acids is 1. The molecule has 1 saturated carbocycles. The van der Waals surface area contributed by atoms with Crippen LogP contribution in [0.3, 0.4) is 0 Å². The third-order valence-electron chi connectivity index (χ3n) is 7.04. The van der Waals surface area contributed by atoms with Crippen molar-refractivity contribution < 1.29 is 37.0 Å². The van der Waals surface area contributed by atoms with Crippen LogP contribution >= 0.6 is 0 Å². The van der Waals surface area contributed by atoms with Gasteiger partial charge < -0.3 is 24.3 Å². The fourth-order valence-corrected chi connectivity index (χ4v) is 5.92. The lowest BCUT2D eigenvalue weighted by Crippen LogP contribution is -2.24. The molecule has 4 aromatic rings. The molecule has 1 fully saturated rings. The Balaban J connectivity index is 1.55. The van der Waals surface area contributed by atoms with Crippen LogP contribution in [0.5, 0.6) is 17.4 Å². The van der Waals surface area contributed by atoms with Gasteiger partial charge in [-0.3, -0.25) is 4.79 Å². The van der Waals surface area contributed by atoms with Gasteiger partial charge in [-0.2, -0.15) is 9.78 Å². The van der Waals surface area contributed by atoms with Crippen molar-refractivity contribution >= 4 is 27.6 Å². The van der Waals surface area contributed by atoms with E-state index in [1.165, 1.54) is 43.2 Å². The van der Waals surface area contributed by atoms with Gasteiger partial charge in [0.25, 0.3) is 0 Å². The summed E-state index contributed by atoms with van der Waals surface area (Å²) in [5.74, 6) is -0.705. The molecule has 42 heavy (non-hydrogen) atoms. The summed E-state index contributed by atoms with van der Waals surface area (Å²) in [6.07, 6.45) is 4.94. The van der Waals surface area contributed by atoms with Crippen molar-refractivity contribution in [1.29, 1.82) is 0 Å². The molecule has 0 atom stereocenters. The highest BCUT2D eigenvalue weighted by Gasteiger charge is 2.28. The number of hydrogen-bond donors (Lipinski definition) is 3. The van der Waals surface area contributed by atoms with E-state index >= 15 is 0 Å². The molecule has 2 aromatic heterocycles. The molecule has 2 aromatic carbocycles. The Morgan fingerprint density at radius 3 is 2.50 bits per heavy atom. The molecule has 13 heteroatoms. The van der Waals surface area contributed by atoms with Gasteiger partial charge in [-0.05, 0) is 74.4 Å². The van der Waals surface area contributed by atoms with Crippen molar-refractivity contribution in [3.05, 3.63) is 77.9 Å². The molecule has 1 amide bonds. The Bertz CT molecular complexity index is 1690. The van der Waals surface area contributed by atoms with Gasteiger partial charge in [0, 0.05) is 17.2 Å². The molecule has 0 radical (unpaired) electrons. The zero-order valence-corrected chi connectivity index (χ0v) is 23.8. The first-order valence-electron chi connectivity index (χ1n) is 13.3. The molecule has 3 N–H and O–H groups in total. The van der Waals surface area contributed by atoms with E-state index in [2.05, 4.69) is 15.1 Å². The first kappa shape index (κ1) is 28.9. The van der Waals surface area contributed by atoms with Gasteiger partial charge in [0.15, 0.2) is 5.69 Å². The summed E-state index contributed by atoms with van der Waals surface area (Å²) < 4.78 is 47.5. The van der Waals surface area contributed by atoms with E-state index in [1.807, 2.05) is 0 Å². The highest BCUT2D eigenvalue weighted by molar-refractivity contribution is 7.89. The molecule has 220 valence electrons. The second-order valence-electron chi connectivity index (χ2n) is 9.83. The first-order chi connectivity index (χ1) is 20.2. The van der Waals surface area contributed by atoms with E-state index in [9.17, 15) is 23.1 Å². The number of aromatic carboxylic acids is 1. The minimum Gasteiger partial charge on any atom is -0.497 e. The van der Waals surface area contributed by atoms with Crippen molar-refractivity contribution in [3.8, 4) is 23.1 Å². The average molecular weight is 595 g/mol. The van der Waals surface area contributed by atoms with Gasteiger partial charge in [-0.1, -0.05) is 12.8 Å². The maximum atomic E-state index is 13.6. The number of ether oxygens (including phenoxy) is 2. The lowest BCUT2D eigenvalue weighted by Gasteiger charge is -2.16. The molecule has 0 saturated heterocycles. The summed E-state index contributed by atoms with van der Waals surface area (Å²) >= 11 is 0. The number of benzene rings is 2. The second-order valence-corrected chi connectivity index (χ2v) is 11.6. The minimum absolute atomic E-state index is 0.00259. The number of hydrogen-bond acceptors (Lipinski definition) is 8. The van der Waals surface area contributed by atoms with Gasteiger partial charge in [-0.15, -0.1) is 0 Å². The molecule has 0 unspecified atom stereocenters. The quantitative estimate of drug-likeness (QED) is 0.220. The Morgan fingerprint density at radius 2 is 1.86 bits per heavy atom. The number of anilines is 1. The van der Waals surface area contributed by atoms with Gasteiger partial charge in [-0.25, -0.2) is 17.9 Å². The number of carboxylic acid groups (broad SMARTS) is 1. The summed E-state index contributed by atoms with van der Waals surface area (Å²) in [6, 6.07) is 14.2. The SMILES string of the molecule is COc1ccc(-n2nc(C(=O)O)c(C)c2Oc2ccc(NC(=O)C3CCCC3)cc2S(=O)(=O)NCc2ccco2)cc1. The summed E-state index contributed by atoms with van der Waals surface area (Å²) in [5.41, 5.74) is 0.664. The zero-order valence-electron chi connectivity index (χ0n) is 23.0. The molecule has 0 spiro atoms. The van der Waals surface area contributed by atoms with Gasteiger partial charge in [0.05, 0.1) is 25.6 Å². The highest BCUT2D eigenvalue weighted by Crippen LogP contribution is 2.36. The maximum Gasteiger partial charge on any atom is 0.356 e. The number of amides is 1. The molecule has 0 aliphatic heterocycles. The number of carbonyl (C=O) groups is 2. The standard InChI is InChI=1S/C29H30N4O8S/c1-18-26(29(35)36)32-33(21-10-12-22(39-2)13-11-21)28(18)41-24-14-9-20(31-27(34)19-6-3-4-7-19)16-25(24)42(37,38)30-17-23-8-5-15-40-23/h5,8-16,19,30H,3-4,6-7,17H2,1-2H3,(H,31,34)(H,35,36). The molecule has 5 rings (SSSR count). The molecule has 12 nitrogen and oxygen atoms in total. The average Bonchev–Trinajstić information content (AvgIpc) is 3.76. The zero-order chi connectivity index (χ0) is 29.9. The predicted molar refractivity (Wildman–Crippen MR) is 152 cm³/mol. The number of methoxy groups -OCH3 is 1. The minimum atomic E-state index is -4.22. The van der Waals surface area contributed by atoms with Crippen LogP contribution in [0.4, 0.5) is 5.69 Å². The van der Waals surface area contributed by atoms with Crippen LogP contribution in [0.2, 0.25) is 0 Å². The number of furan rings is 1. The van der Waals surface area contributed by atoms with Crippen LogP contribution in [0.25, 0.3) is 5.69 Å². The lowest BCUT2D eigenvalue weighted by molar-refractivity contribution is -0.119. The fraction of sp³-hybridized carbons (Fsp3) is 0.276. The maximum absolute atomic E-state index is 13.6. The van der Waals surface area contributed by atoms with Gasteiger partial charge in [0.1, 0.15) is 22.2 Å². The number of sulfonamides is 1. The Hall–Kier alpha value is -4.62. The van der Waals surface area contributed by atoms with Crippen LogP contribution in [-0.2, 0) is 21.4 Å². The summed E-state index contributed by atoms with van der Waals surface area (Å²) in [5, 5.41) is 16.8. The molecular weight excluding hydrogens is 564 g/mol. The van der Waals surface area contributed by atoms with Crippen LogP contribution in [0.15, 0.2) is 70.2 Å². The molecule has 1 aliphatic rings. The molecule has 2 heterocycles. The largest absolute Gasteiger partial charge is 0.497 e. The van der Waals surface area contributed by atoms with E-state index in [1.54, 1.807) is 36.4 Å². The van der Waals surface area contributed by atoms with E-state index in [4.69, 9.17) is 13.9 Å². The number of nitrogens with one attached hydrogen (secondary N) is 2. The van der Waals surface area contributed by atoms with Gasteiger partial charge >= 0.3 is 5.97 Å². The van der Waals surface area contributed by atoms with Crippen molar-refractivity contribution in [3.63, 3.8) is 0 Å². The lowest BCUT2D eigenvalue weighted by atomic mass is 10.1. The first-order valence-corrected chi connectivity index (χ1v) is 14.8. The van der Waals surface area contributed by atoms with Crippen molar-refractivity contribution in [1.82, 2.24) is 14.5 Å². The summed E-state index contributed by atoms with van der Waals surface area (Å²) in [4.78, 5) is 24.5. The predicted octanol–water partition coefficient (Wildman–Crippen LogP) is 4.88.